The van der Waals surface area contributed by atoms with Crippen molar-refractivity contribution in [2.45, 2.75) is 26.6 Å². The Morgan fingerprint density at radius 1 is 0.800 bits per heavy atom. The molecule has 0 fully saturated rings. The first kappa shape index (κ1) is 10.4. The van der Waals surface area contributed by atoms with Crippen molar-refractivity contribution in [2.75, 3.05) is 0 Å². The predicted octanol–water partition coefficient (Wildman–Crippen LogP) is 3.69. The van der Waals surface area contributed by atoms with Crippen LogP contribution < -0.4 is 5.19 Å². The van der Waals surface area contributed by atoms with E-state index >= 15 is 0 Å². The van der Waals surface area contributed by atoms with Gasteiger partial charge < -0.3 is 0 Å². The largest absolute Gasteiger partial charge is 0.0784 e. The van der Waals surface area contributed by atoms with Crippen LogP contribution in [0.25, 0.3) is 10.8 Å². The molecule has 0 amide bonds. The summed E-state index contributed by atoms with van der Waals surface area (Å²) in [6, 6.07) is 13.3. The van der Waals surface area contributed by atoms with Gasteiger partial charge in [-0.25, -0.2) is 0 Å². The highest BCUT2D eigenvalue weighted by molar-refractivity contribution is 6.90. The predicted molar refractivity (Wildman–Crippen MR) is 71.7 cm³/mol. The molecule has 0 aliphatic carbocycles. The lowest BCUT2D eigenvalue weighted by molar-refractivity contribution is 1.53. The van der Waals surface area contributed by atoms with Gasteiger partial charge in [-0.1, -0.05) is 61.2 Å². The maximum atomic E-state index is 2.41. The molecule has 0 nitrogen and oxygen atoms in total. The molecule has 0 atom stereocenters. The zero-order chi connectivity index (χ0) is 11.1. The minimum Gasteiger partial charge on any atom is -0.0656 e. The molecule has 0 saturated carbocycles. The third kappa shape index (κ3) is 1.84. The van der Waals surface area contributed by atoms with E-state index in [1.807, 2.05) is 0 Å². The molecule has 0 bridgehead atoms. The summed E-state index contributed by atoms with van der Waals surface area (Å²) in [5, 5.41) is 4.44. The molecule has 2 aromatic rings. The molecule has 78 valence electrons. The van der Waals surface area contributed by atoms with Gasteiger partial charge in [-0.3, -0.25) is 0 Å². The fourth-order valence-electron chi connectivity index (χ4n) is 2.12. The van der Waals surface area contributed by atoms with E-state index in [0.29, 0.717) is 0 Å². The average Bonchev–Trinajstić information content (AvgIpc) is 2.16. The van der Waals surface area contributed by atoms with Gasteiger partial charge in [-0.2, -0.15) is 0 Å². The molecule has 0 saturated heterocycles. The van der Waals surface area contributed by atoms with E-state index in [9.17, 15) is 0 Å². The van der Waals surface area contributed by atoms with E-state index in [4.69, 9.17) is 0 Å². The lowest BCUT2D eigenvalue weighted by Crippen LogP contribution is -2.37. The van der Waals surface area contributed by atoms with Crippen LogP contribution in [-0.4, -0.2) is 8.07 Å². The summed E-state index contributed by atoms with van der Waals surface area (Å²) in [4.78, 5) is 0. The Morgan fingerprint density at radius 2 is 1.40 bits per heavy atom. The summed E-state index contributed by atoms with van der Waals surface area (Å²) in [5.41, 5.74) is 1.38. The maximum absolute atomic E-state index is 2.41. The Bertz CT molecular complexity index is 492. The molecule has 0 heterocycles. The smallest absolute Gasteiger partial charge is 0.0656 e. The average molecular weight is 214 g/mol. The van der Waals surface area contributed by atoms with Crippen LogP contribution in [0.15, 0.2) is 36.4 Å². The molecule has 2 rings (SSSR count). The molecule has 15 heavy (non-hydrogen) atoms. The third-order valence-corrected chi connectivity index (χ3v) is 5.00. The zero-order valence-electron chi connectivity index (χ0n) is 9.96. The number of hydrogen-bond acceptors (Lipinski definition) is 0. The van der Waals surface area contributed by atoms with Crippen molar-refractivity contribution in [1.82, 2.24) is 0 Å². The molecule has 0 aliphatic heterocycles. The van der Waals surface area contributed by atoms with E-state index in [2.05, 4.69) is 63.0 Å². The molecule has 1 heteroatoms. The summed E-state index contributed by atoms with van der Waals surface area (Å²) >= 11 is 0. The molecule has 2 aromatic carbocycles. The van der Waals surface area contributed by atoms with Crippen molar-refractivity contribution in [3.8, 4) is 0 Å². The lowest BCUT2D eigenvalue weighted by Gasteiger charge is -2.19. The second-order valence-electron chi connectivity index (χ2n) is 5.23. The Kier molecular flexibility index (Phi) is 2.43. The number of hydrogen-bond donors (Lipinski definition) is 0. The first-order valence-electron chi connectivity index (χ1n) is 5.49. The van der Waals surface area contributed by atoms with E-state index in [0.717, 1.165) is 0 Å². The molecule has 0 spiro atoms. The van der Waals surface area contributed by atoms with Gasteiger partial charge in [0, 0.05) is 0 Å². The van der Waals surface area contributed by atoms with E-state index in [1.165, 1.54) is 16.3 Å². The van der Waals surface area contributed by atoms with Gasteiger partial charge in [0.2, 0.25) is 0 Å². The van der Waals surface area contributed by atoms with E-state index in [-0.39, 0.29) is 0 Å². The van der Waals surface area contributed by atoms with Crippen LogP contribution >= 0.6 is 0 Å². The van der Waals surface area contributed by atoms with Crippen LogP contribution in [0, 0.1) is 6.92 Å². The molecule has 0 aliphatic rings. The highest BCUT2D eigenvalue weighted by Gasteiger charge is 2.18. The van der Waals surface area contributed by atoms with Crippen molar-refractivity contribution in [1.29, 1.82) is 0 Å². The fourth-order valence-corrected chi connectivity index (χ4v) is 3.74. The number of rotatable bonds is 1. The van der Waals surface area contributed by atoms with Gasteiger partial charge >= 0.3 is 0 Å². The Morgan fingerprint density at radius 3 is 2.07 bits per heavy atom. The van der Waals surface area contributed by atoms with Crippen LogP contribution in [0.3, 0.4) is 0 Å². The minimum atomic E-state index is -1.22. The first-order valence-corrected chi connectivity index (χ1v) is 8.99. The molecule has 0 radical (unpaired) electrons. The summed E-state index contributed by atoms with van der Waals surface area (Å²) < 4.78 is 0. The minimum absolute atomic E-state index is 1.22. The van der Waals surface area contributed by atoms with Crippen molar-refractivity contribution in [2.24, 2.45) is 0 Å². The Hall–Kier alpha value is -1.08. The van der Waals surface area contributed by atoms with Gasteiger partial charge in [0.05, 0.1) is 8.07 Å². The number of fused-ring (bicyclic) bond motifs is 1. The van der Waals surface area contributed by atoms with Crippen molar-refractivity contribution in [3.05, 3.63) is 42.0 Å². The normalized spacial score (nSPS) is 12.0. The summed E-state index contributed by atoms with van der Waals surface area (Å²) in [6.07, 6.45) is 0. The summed E-state index contributed by atoms with van der Waals surface area (Å²) in [5.74, 6) is 0. The summed E-state index contributed by atoms with van der Waals surface area (Å²) in [6.45, 7) is 9.41. The highest BCUT2D eigenvalue weighted by atomic mass is 28.3. The number of benzene rings is 2. The van der Waals surface area contributed by atoms with Gasteiger partial charge in [0.1, 0.15) is 0 Å². The van der Waals surface area contributed by atoms with Crippen LogP contribution in [0.1, 0.15) is 5.56 Å². The van der Waals surface area contributed by atoms with Crippen molar-refractivity contribution >= 4 is 24.0 Å². The van der Waals surface area contributed by atoms with Gasteiger partial charge in [-0.15, -0.1) is 0 Å². The van der Waals surface area contributed by atoms with Gasteiger partial charge in [0.15, 0.2) is 0 Å². The Balaban J connectivity index is 2.83. The maximum Gasteiger partial charge on any atom is 0.0784 e. The summed E-state index contributed by atoms with van der Waals surface area (Å²) in [7, 11) is -1.22. The van der Waals surface area contributed by atoms with E-state index in [1.54, 1.807) is 5.19 Å². The van der Waals surface area contributed by atoms with Crippen molar-refractivity contribution < 1.29 is 0 Å². The second kappa shape index (κ2) is 3.49. The standard InChI is InChI=1S/C14H18Si/c1-11-7-5-9-13-12(11)8-6-10-14(13)15(2,3)4/h5-10H,1-4H3. The van der Waals surface area contributed by atoms with Crippen LogP contribution in [0.2, 0.25) is 19.6 Å². The van der Waals surface area contributed by atoms with Crippen molar-refractivity contribution in [3.63, 3.8) is 0 Å². The van der Waals surface area contributed by atoms with Crippen LogP contribution in [0.5, 0.6) is 0 Å². The zero-order valence-corrected chi connectivity index (χ0v) is 11.0. The first-order chi connectivity index (χ1) is 7.00. The molecular weight excluding hydrogens is 196 g/mol. The van der Waals surface area contributed by atoms with Crippen LogP contribution in [0.4, 0.5) is 0 Å². The van der Waals surface area contributed by atoms with Gasteiger partial charge in [0.25, 0.3) is 0 Å². The molecule has 0 N–H and O–H groups in total. The fraction of sp³-hybridized carbons (Fsp3) is 0.286. The quantitative estimate of drug-likeness (QED) is 0.635. The SMILES string of the molecule is Cc1cccc2c([Si](C)(C)C)cccc12. The van der Waals surface area contributed by atoms with Crippen LogP contribution in [-0.2, 0) is 0 Å². The van der Waals surface area contributed by atoms with Gasteiger partial charge in [-0.05, 0) is 23.3 Å². The highest BCUT2D eigenvalue weighted by Crippen LogP contribution is 2.18. The van der Waals surface area contributed by atoms with E-state index < -0.39 is 8.07 Å². The Labute approximate surface area is 93.0 Å². The molecule has 0 aromatic heterocycles. The lowest BCUT2D eigenvalue weighted by atomic mass is 10.1. The monoisotopic (exact) mass is 214 g/mol. The third-order valence-electron chi connectivity index (χ3n) is 2.95. The number of aryl methyl sites for hydroxylation is 1. The second-order valence-corrected chi connectivity index (χ2v) is 10.3. The topological polar surface area (TPSA) is 0 Å². The molecule has 0 unspecified atom stereocenters. The molecular formula is C14H18Si.